The molecule has 1 rings (SSSR count). The summed E-state index contributed by atoms with van der Waals surface area (Å²) in [6.45, 7) is 4.48. The Kier molecular flexibility index (Phi) is 6.97. The number of nitrogens with zero attached hydrogens (tertiary/aromatic N) is 1. The third-order valence-electron chi connectivity index (χ3n) is 2.80. The van der Waals surface area contributed by atoms with Gasteiger partial charge in [0, 0.05) is 25.2 Å². The van der Waals surface area contributed by atoms with Crippen molar-refractivity contribution in [3.8, 4) is 0 Å². The maximum atomic E-state index is 11.6. The van der Waals surface area contributed by atoms with Crippen LogP contribution < -0.4 is 10.6 Å². The Balaban J connectivity index is 2.10. The van der Waals surface area contributed by atoms with Gasteiger partial charge < -0.3 is 15.5 Å². The van der Waals surface area contributed by atoms with Gasteiger partial charge in [-0.2, -0.15) is 0 Å². The smallest absolute Gasteiger partial charge is 0.221 e. The molecule has 0 saturated heterocycles. The maximum Gasteiger partial charge on any atom is 0.221 e. The number of carbonyl (C=O) groups is 1. The number of aryl methyl sites for hydroxylation is 1. The van der Waals surface area contributed by atoms with Gasteiger partial charge in [0.15, 0.2) is 0 Å². The molecular formula is C15H25N3O. The second-order valence-corrected chi connectivity index (χ2v) is 5.05. The van der Waals surface area contributed by atoms with Crippen molar-refractivity contribution < 1.29 is 4.79 Å². The minimum absolute atomic E-state index is 0.110. The van der Waals surface area contributed by atoms with Crippen LogP contribution in [0.2, 0.25) is 0 Å². The lowest BCUT2D eigenvalue weighted by Crippen LogP contribution is -2.28. The topological polar surface area (TPSA) is 44.4 Å². The summed E-state index contributed by atoms with van der Waals surface area (Å²) in [4.78, 5) is 13.7. The molecule has 1 aromatic carbocycles. The van der Waals surface area contributed by atoms with Gasteiger partial charge in [-0.3, -0.25) is 4.79 Å². The van der Waals surface area contributed by atoms with E-state index >= 15 is 0 Å². The van der Waals surface area contributed by atoms with Crippen LogP contribution in [0.15, 0.2) is 24.3 Å². The van der Waals surface area contributed by atoms with E-state index in [0.29, 0.717) is 13.0 Å². The van der Waals surface area contributed by atoms with Crippen LogP contribution in [-0.4, -0.2) is 44.5 Å². The van der Waals surface area contributed by atoms with E-state index < -0.39 is 0 Å². The number of hydrogen-bond acceptors (Lipinski definition) is 3. The molecule has 1 aromatic rings. The van der Waals surface area contributed by atoms with Gasteiger partial charge in [0.05, 0.1) is 0 Å². The van der Waals surface area contributed by atoms with E-state index in [1.54, 1.807) is 0 Å². The van der Waals surface area contributed by atoms with Crippen LogP contribution in [0.1, 0.15) is 18.4 Å². The Morgan fingerprint density at radius 3 is 2.74 bits per heavy atom. The summed E-state index contributed by atoms with van der Waals surface area (Å²) in [6, 6.07) is 8.17. The zero-order valence-electron chi connectivity index (χ0n) is 12.2. The van der Waals surface area contributed by atoms with E-state index in [-0.39, 0.29) is 5.91 Å². The van der Waals surface area contributed by atoms with Gasteiger partial charge in [-0.25, -0.2) is 0 Å². The molecule has 0 aliphatic rings. The predicted octanol–water partition coefficient (Wildman–Crippen LogP) is 1.86. The van der Waals surface area contributed by atoms with Crippen LogP contribution in [0.4, 0.5) is 5.69 Å². The van der Waals surface area contributed by atoms with Crippen LogP contribution in [0.3, 0.4) is 0 Å². The molecule has 0 unspecified atom stereocenters. The molecule has 2 N–H and O–H groups in total. The summed E-state index contributed by atoms with van der Waals surface area (Å²) in [5.41, 5.74) is 2.29. The summed E-state index contributed by atoms with van der Waals surface area (Å²) in [5, 5.41) is 6.19. The van der Waals surface area contributed by atoms with Gasteiger partial charge in [-0.05, 0) is 51.7 Å². The molecule has 0 aliphatic carbocycles. The Morgan fingerprint density at radius 2 is 2.05 bits per heavy atom. The van der Waals surface area contributed by atoms with Gasteiger partial charge in [-0.15, -0.1) is 0 Å². The number of anilines is 1. The Hall–Kier alpha value is -1.55. The minimum Gasteiger partial charge on any atom is -0.385 e. The second kappa shape index (κ2) is 8.53. The molecule has 4 heteroatoms. The fourth-order valence-electron chi connectivity index (χ4n) is 1.79. The fourth-order valence-corrected chi connectivity index (χ4v) is 1.79. The minimum atomic E-state index is 0.110. The summed E-state index contributed by atoms with van der Waals surface area (Å²) in [5.74, 6) is 0.110. The van der Waals surface area contributed by atoms with Gasteiger partial charge in [-0.1, -0.05) is 12.1 Å². The van der Waals surface area contributed by atoms with Gasteiger partial charge in [0.25, 0.3) is 0 Å². The van der Waals surface area contributed by atoms with Crippen molar-refractivity contribution in [3.63, 3.8) is 0 Å². The van der Waals surface area contributed by atoms with Crippen LogP contribution in [0.25, 0.3) is 0 Å². The molecular weight excluding hydrogens is 238 g/mol. The molecule has 0 bridgehead atoms. The van der Waals surface area contributed by atoms with Crippen LogP contribution in [0.5, 0.6) is 0 Å². The highest BCUT2D eigenvalue weighted by Crippen LogP contribution is 2.08. The number of benzene rings is 1. The molecule has 4 nitrogen and oxygen atoms in total. The standard InChI is InChI=1S/C15H25N3O/c1-13-6-4-7-14(12-13)16-10-8-15(19)17-9-5-11-18(2)3/h4,6-7,12,16H,5,8-11H2,1-3H3,(H,17,19). The number of nitrogens with one attached hydrogen (secondary N) is 2. The lowest BCUT2D eigenvalue weighted by atomic mass is 10.2. The van der Waals surface area contributed by atoms with Crippen molar-refractivity contribution in [1.29, 1.82) is 0 Å². The molecule has 0 radical (unpaired) electrons. The summed E-state index contributed by atoms with van der Waals surface area (Å²) >= 11 is 0. The van der Waals surface area contributed by atoms with Gasteiger partial charge in [0.2, 0.25) is 5.91 Å². The number of carbonyl (C=O) groups excluding carboxylic acids is 1. The molecule has 1 amide bonds. The van der Waals surface area contributed by atoms with Crippen LogP contribution in [-0.2, 0) is 4.79 Å². The Bertz CT molecular complexity index is 391. The van der Waals surface area contributed by atoms with Crippen LogP contribution >= 0.6 is 0 Å². The van der Waals surface area contributed by atoms with Gasteiger partial charge in [0.1, 0.15) is 0 Å². The predicted molar refractivity (Wildman–Crippen MR) is 80.5 cm³/mol. The highest BCUT2D eigenvalue weighted by molar-refractivity contribution is 5.76. The van der Waals surface area contributed by atoms with Gasteiger partial charge >= 0.3 is 0 Å². The van der Waals surface area contributed by atoms with Crippen molar-refractivity contribution in [2.24, 2.45) is 0 Å². The van der Waals surface area contributed by atoms with E-state index in [1.807, 2.05) is 26.2 Å². The summed E-state index contributed by atoms with van der Waals surface area (Å²) < 4.78 is 0. The quantitative estimate of drug-likeness (QED) is 0.704. The third kappa shape index (κ3) is 7.47. The van der Waals surface area contributed by atoms with Crippen molar-refractivity contribution in [3.05, 3.63) is 29.8 Å². The zero-order chi connectivity index (χ0) is 14.1. The first-order chi connectivity index (χ1) is 9.08. The van der Waals surface area contributed by atoms with Crippen molar-refractivity contribution in [1.82, 2.24) is 10.2 Å². The molecule has 0 fully saturated rings. The van der Waals surface area contributed by atoms with E-state index in [1.165, 1.54) is 5.56 Å². The van der Waals surface area contributed by atoms with Crippen LogP contribution in [0, 0.1) is 6.92 Å². The fraction of sp³-hybridized carbons (Fsp3) is 0.533. The highest BCUT2D eigenvalue weighted by Gasteiger charge is 2.00. The molecule has 0 aliphatic heterocycles. The molecule has 106 valence electrons. The summed E-state index contributed by atoms with van der Waals surface area (Å²) in [7, 11) is 4.07. The normalized spacial score (nSPS) is 10.5. The zero-order valence-corrected chi connectivity index (χ0v) is 12.2. The molecule has 0 atom stereocenters. The van der Waals surface area contributed by atoms with E-state index in [2.05, 4.69) is 34.6 Å². The monoisotopic (exact) mass is 263 g/mol. The number of amides is 1. The maximum absolute atomic E-state index is 11.6. The SMILES string of the molecule is Cc1cccc(NCCC(=O)NCCCN(C)C)c1. The molecule has 0 aromatic heterocycles. The largest absolute Gasteiger partial charge is 0.385 e. The van der Waals surface area contributed by atoms with Crippen molar-refractivity contribution >= 4 is 11.6 Å². The van der Waals surface area contributed by atoms with E-state index in [9.17, 15) is 4.79 Å². The first-order valence-corrected chi connectivity index (χ1v) is 6.80. The average molecular weight is 263 g/mol. The Morgan fingerprint density at radius 1 is 1.26 bits per heavy atom. The van der Waals surface area contributed by atoms with E-state index in [0.717, 1.165) is 25.2 Å². The highest BCUT2D eigenvalue weighted by atomic mass is 16.1. The van der Waals surface area contributed by atoms with Crippen molar-refractivity contribution in [2.75, 3.05) is 39.0 Å². The lowest BCUT2D eigenvalue weighted by molar-refractivity contribution is -0.120. The average Bonchev–Trinajstić information content (AvgIpc) is 2.34. The first kappa shape index (κ1) is 15.5. The number of rotatable bonds is 8. The Labute approximate surface area is 116 Å². The molecule has 19 heavy (non-hydrogen) atoms. The number of hydrogen-bond donors (Lipinski definition) is 2. The van der Waals surface area contributed by atoms with E-state index in [4.69, 9.17) is 0 Å². The first-order valence-electron chi connectivity index (χ1n) is 6.80. The second-order valence-electron chi connectivity index (χ2n) is 5.05. The molecule has 0 saturated carbocycles. The lowest BCUT2D eigenvalue weighted by Gasteiger charge is -2.10. The van der Waals surface area contributed by atoms with Crippen molar-refractivity contribution in [2.45, 2.75) is 19.8 Å². The third-order valence-corrected chi connectivity index (χ3v) is 2.80. The molecule has 0 spiro atoms. The molecule has 0 heterocycles. The summed E-state index contributed by atoms with van der Waals surface area (Å²) in [6.07, 6.45) is 1.50.